The highest BCUT2D eigenvalue weighted by molar-refractivity contribution is 6.13. The van der Waals surface area contributed by atoms with Crippen molar-refractivity contribution < 1.29 is 4.42 Å². The van der Waals surface area contributed by atoms with E-state index in [1.165, 1.54) is 27.6 Å². The Morgan fingerprint density at radius 3 is 1.79 bits per heavy atom. The van der Waals surface area contributed by atoms with Crippen LogP contribution in [0.3, 0.4) is 0 Å². The number of fused-ring (bicyclic) bond motifs is 4. The summed E-state index contributed by atoms with van der Waals surface area (Å²) in [6.07, 6.45) is 0. The van der Waals surface area contributed by atoms with Gasteiger partial charge >= 0.3 is 0 Å². The summed E-state index contributed by atoms with van der Waals surface area (Å²) in [4.78, 5) is 2.37. The van der Waals surface area contributed by atoms with Crippen molar-refractivity contribution in [3.8, 4) is 22.3 Å². The highest BCUT2D eigenvalue weighted by atomic mass is 16.3. The zero-order valence-electron chi connectivity index (χ0n) is 22.9. The van der Waals surface area contributed by atoms with E-state index in [1.54, 1.807) is 0 Å². The van der Waals surface area contributed by atoms with Gasteiger partial charge in [0.1, 0.15) is 11.2 Å². The number of anilines is 3. The molecule has 0 aliphatic rings. The number of benzene rings is 7. The van der Waals surface area contributed by atoms with E-state index in [9.17, 15) is 0 Å². The fraction of sp³-hybridized carbons (Fsp3) is 0. The fourth-order valence-electron chi connectivity index (χ4n) is 5.99. The molecule has 8 rings (SSSR count). The molecule has 0 unspecified atom stereocenters. The van der Waals surface area contributed by atoms with E-state index in [0.717, 1.165) is 44.4 Å². The lowest BCUT2D eigenvalue weighted by atomic mass is 10.0. The highest BCUT2D eigenvalue weighted by Gasteiger charge is 2.18. The van der Waals surface area contributed by atoms with Crippen LogP contribution < -0.4 is 4.90 Å². The van der Waals surface area contributed by atoms with Gasteiger partial charge in [-0.25, -0.2) is 0 Å². The zero-order chi connectivity index (χ0) is 27.9. The van der Waals surface area contributed by atoms with Crippen molar-refractivity contribution in [2.75, 3.05) is 4.90 Å². The largest absolute Gasteiger partial charge is 0.456 e. The summed E-state index contributed by atoms with van der Waals surface area (Å²) >= 11 is 0. The molecule has 0 N–H and O–H groups in total. The first-order valence-electron chi connectivity index (χ1n) is 14.3. The van der Waals surface area contributed by atoms with Crippen LogP contribution >= 0.6 is 0 Å². The number of hydrogen-bond acceptors (Lipinski definition) is 2. The second-order valence-electron chi connectivity index (χ2n) is 10.6. The Bertz CT molecular complexity index is 2180. The summed E-state index contributed by atoms with van der Waals surface area (Å²) in [7, 11) is 0. The first kappa shape index (κ1) is 24.2. The molecule has 42 heavy (non-hydrogen) atoms. The predicted octanol–water partition coefficient (Wildman–Crippen LogP) is 11.5. The second-order valence-corrected chi connectivity index (χ2v) is 10.6. The Balaban J connectivity index is 1.35. The molecule has 0 spiro atoms. The summed E-state index contributed by atoms with van der Waals surface area (Å²) in [5.41, 5.74) is 9.93. The van der Waals surface area contributed by atoms with Gasteiger partial charge in [0, 0.05) is 27.5 Å². The Kier molecular flexibility index (Phi) is 5.82. The van der Waals surface area contributed by atoms with Crippen LogP contribution in [0.5, 0.6) is 0 Å². The van der Waals surface area contributed by atoms with E-state index in [4.69, 9.17) is 4.42 Å². The number of furan rings is 1. The molecule has 1 aromatic heterocycles. The average Bonchev–Trinajstić information content (AvgIpc) is 3.43. The standard InChI is InChI=1S/C40H27NO/c1-3-11-28(12-4-1)30-21-23-33(24-22-30)41(34-17-9-15-31(25-34)29-13-5-2-6-14-29)38-19-10-16-32-26-40-37(27-36(32)38)35-18-7-8-20-39(35)42-40/h1-27H. The lowest BCUT2D eigenvalue weighted by Crippen LogP contribution is -2.10. The van der Waals surface area contributed by atoms with E-state index in [0.29, 0.717) is 0 Å². The molecule has 0 radical (unpaired) electrons. The van der Waals surface area contributed by atoms with E-state index >= 15 is 0 Å². The van der Waals surface area contributed by atoms with Gasteiger partial charge in [-0.05, 0) is 76.2 Å². The van der Waals surface area contributed by atoms with Gasteiger partial charge in [-0.2, -0.15) is 0 Å². The molecular weight excluding hydrogens is 510 g/mol. The third kappa shape index (κ3) is 4.22. The van der Waals surface area contributed by atoms with Crippen molar-refractivity contribution in [3.63, 3.8) is 0 Å². The molecule has 0 fully saturated rings. The van der Waals surface area contributed by atoms with E-state index in [2.05, 4.69) is 157 Å². The first-order valence-corrected chi connectivity index (χ1v) is 14.3. The monoisotopic (exact) mass is 537 g/mol. The Hall–Kier alpha value is -5.60. The number of rotatable bonds is 5. The van der Waals surface area contributed by atoms with Crippen LogP contribution in [0, 0.1) is 0 Å². The maximum Gasteiger partial charge on any atom is 0.136 e. The summed E-state index contributed by atoms with van der Waals surface area (Å²) in [6, 6.07) is 58.0. The molecule has 0 aliphatic carbocycles. The van der Waals surface area contributed by atoms with Crippen LogP contribution in [0.1, 0.15) is 0 Å². The van der Waals surface area contributed by atoms with Gasteiger partial charge in [0.2, 0.25) is 0 Å². The minimum Gasteiger partial charge on any atom is -0.456 e. The minimum absolute atomic E-state index is 0.908. The second kappa shape index (κ2) is 10.1. The third-order valence-corrected chi connectivity index (χ3v) is 8.04. The highest BCUT2D eigenvalue weighted by Crippen LogP contribution is 2.42. The molecule has 1 heterocycles. The van der Waals surface area contributed by atoms with Crippen LogP contribution in [-0.2, 0) is 0 Å². The van der Waals surface area contributed by atoms with Gasteiger partial charge < -0.3 is 9.32 Å². The quantitative estimate of drug-likeness (QED) is 0.217. The van der Waals surface area contributed by atoms with E-state index < -0.39 is 0 Å². The van der Waals surface area contributed by atoms with Gasteiger partial charge in [-0.1, -0.05) is 115 Å². The summed E-state index contributed by atoms with van der Waals surface area (Å²) in [5.74, 6) is 0. The minimum atomic E-state index is 0.908. The SMILES string of the molecule is c1ccc(-c2ccc(N(c3cccc(-c4ccccc4)c3)c3cccc4cc5oc6ccccc6c5cc34)cc2)cc1. The van der Waals surface area contributed by atoms with Crippen molar-refractivity contribution in [1.82, 2.24) is 0 Å². The Morgan fingerprint density at radius 2 is 1.00 bits per heavy atom. The molecule has 0 amide bonds. The predicted molar refractivity (Wildman–Crippen MR) is 177 cm³/mol. The summed E-state index contributed by atoms with van der Waals surface area (Å²) in [5, 5.41) is 4.58. The van der Waals surface area contributed by atoms with Crippen LogP contribution in [0.4, 0.5) is 17.1 Å². The topological polar surface area (TPSA) is 16.4 Å². The maximum atomic E-state index is 6.24. The third-order valence-electron chi connectivity index (χ3n) is 8.04. The van der Waals surface area contributed by atoms with E-state index in [-0.39, 0.29) is 0 Å². The Labute approximate surface area is 244 Å². The maximum absolute atomic E-state index is 6.24. The molecule has 2 heteroatoms. The number of para-hydroxylation sites is 1. The smallest absolute Gasteiger partial charge is 0.136 e. The molecule has 0 atom stereocenters. The molecule has 0 saturated carbocycles. The van der Waals surface area contributed by atoms with Gasteiger partial charge in [0.15, 0.2) is 0 Å². The molecule has 0 bridgehead atoms. The van der Waals surface area contributed by atoms with Crippen LogP contribution in [0.2, 0.25) is 0 Å². The van der Waals surface area contributed by atoms with Gasteiger partial charge in [0.25, 0.3) is 0 Å². The normalized spacial score (nSPS) is 11.3. The van der Waals surface area contributed by atoms with Crippen molar-refractivity contribution >= 4 is 49.8 Å². The van der Waals surface area contributed by atoms with Crippen LogP contribution in [0.15, 0.2) is 168 Å². The first-order chi connectivity index (χ1) is 20.8. The molecule has 0 saturated heterocycles. The van der Waals surface area contributed by atoms with Gasteiger partial charge in [-0.15, -0.1) is 0 Å². The fourth-order valence-corrected chi connectivity index (χ4v) is 5.99. The van der Waals surface area contributed by atoms with Crippen LogP contribution in [0.25, 0.3) is 55.0 Å². The number of nitrogens with zero attached hydrogens (tertiary/aromatic N) is 1. The Morgan fingerprint density at radius 1 is 0.357 bits per heavy atom. The van der Waals surface area contributed by atoms with Crippen molar-refractivity contribution in [2.24, 2.45) is 0 Å². The van der Waals surface area contributed by atoms with Crippen molar-refractivity contribution in [2.45, 2.75) is 0 Å². The molecule has 7 aromatic carbocycles. The average molecular weight is 538 g/mol. The summed E-state index contributed by atoms with van der Waals surface area (Å²) < 4.78 is 6.24. The molecule has 8 aromatic rings. The van der Waals surface area contributed by atoms with E-state index in [1.807, 2.05) is 12.1 Å². The molecule has 0 aliphatic heterocycles. The van der Waals surface area contributed by atoms with Crippen molar-refractivity contribution in [1.29, 1.82) is 0 Å². The molecule has 198 valence electrons. The molecular formula is C40H27NO. The molecule has 2 nitrogen and oxygen atoms in total. The number of hydrogen-bond donors (Lipinski definition) is 0. The van der Waals surface area contributed by atoms with Crippen molar-refractivity contribution in [3.05, 3.63) is 164 Å². The lowest BCUT2D eigenvalue weighted by Gasteiger charge is -2.27. The van der Waals surface area contributed by atoms with Crippen LogP contribution in [-0.4, -0.2) is 0 Å². The van der Waals surface area contributed by atoms with Gasteiger partial charge in [-0.3, -0.25) is 0 Å². The van der Waals surface area contributed by atoms with Gasteiger partial charge in [0.05, 0.1) is 5.69 Å². The lowest BCUT2D eigenvalue weighted by molar-refractivity contribution is 0.669. The zero-order valence-corrected chi connectivity index (χ0v) is 22.9. The summed E-state index contributed by atoms with van der Waals surface area (Å²) in [6.45, 7) is 0.